The molecule has 1 saturated heterocycles. The molecule has 2 heterocycles. The first-order chi connectivity index (χ1) is 10.7. The van der Waals surface area contributed by atoms with Crippen LogP contribution in [0.1, 0.15) is 55.7 Å². The summed E-state index contributed by atoms with van der Waals surface area (Å²) in [6, 6.07) is 11.4. The molecule has 1 aliphatic heterocycles. The fourth-order valence-electron chi connectivity index (χ4n) is 3.05. The summed E-state index contributed by atoms with van der Waals surface area (Å²) in [6.45, 7) is 6.41. The Morgan fingerprint density at radius 1 is 1.32 bits per heavy atom. The minimum Gasteiger partial charge on any atom is -0.361 e. The Kier molecular flexibility index (Phi) is 4.89. The number of aromatic nitrogens is 1. The van der Waals surface area contributed by atoms with Crippen LogP contribution in [0.25, 0.3) is 0 Å². The summed E-state index contributed by atoms with van der Waals surface area (Å²) in [5.41, 5.74) is 2.47. The van der Waals surface area contributed by atoms with Crippen molar-refractivity contribution in [2.45, 2.75) is 50.1 Å². The Balaban J connectivity index is 1.71. The van der Waals surface area contributed by atoms with E-state index in [0.717, 1.165) is 24.5 Å². The molecule has 0 spiro atoms. The molecule has 1 unspecified atom stereocenters. The number of benzene rings is 1. The maximum Gasteiger partial charge on any atom is 0.139 e. The molecular weight excluding hydrogens is 292 g/mol. The number of hydrogen-bond donors (Lipinski definition) is 0. The summed E-state index contributed by atoms with van der Waals surface area (Å²) in [4.78, 5) is 3.84. The van der Waals surface area contributed by atoms with E-state index < -0.39 is 0 Å². The molecule has 1 aromatic carbocycles. The van der Waals surface area contributed by atoms with Crippen LogP contribution < -0.4 is 0 Å². The highest BCUT2D eigenvalue weighted by atomic mass is 32.2. The maximum absolute atomic E-state index is 5.49. The molecule has 1 fully saturated rings. The zero-order valence-corrected chi connectivity index (χ0v) is 14.4. The number of thioether (sulfide) groups is 1. The van der Waals surface area contributed by atoms with Gasteiger partial charge >= 0.3 is 0 Å². The molecule has 22 heavy (non-hydrogen) atoms. The zero-order valence-electron chi connectivity index (χ0n) is 13.6. The first kappa shape index (κ1) is 15.6. The Hall–Kier alpha value is -1.26. The quantitative estimate of drug-likeness (QED) is 0.737. The SMILES string of the molecule is CSc1ccc(CN2CCCC2c2cc(C(C)C)on2)cc1. The van der Waals surface area contributed by atoms with Gasteiger partial charge in [0.2, 0.25) is 0 Å². The Labute approximate surface area is 137 Å². The minimum atomic E-state index is 0.398. The maximum atomic E-state index is 5.49. The first-order valence-electron chi connectivity index (χ1n) is 8.01. The summed E-state index contributed by atoms with van der Waals surface area (Å²) in [6.07, 6.45) is 4.52. The molecule has 118 valence electrons. The lowest BCUT2D eigenvalue weighted by atomic mass is 10.1. The predicted molar refractivity (Wildman–Crippen MR) is 91.2 cm³/mol. The molecule has 4 heteroatoms. The van der Waals surface area contributed by atoms with Gasteiger partial charge in [-0.3, -0.25) is 4.90 Å². The molecule has 0 bridgehead atoms. The number of hydrogen-bond acceptors (Lipinski definition) is 4. The largest absolute Gasteiger partial charge is 0.361 e. The van der Waals surface area contributed by atoms with E-state index in [0.29, 0.717) is 12.0 Å². The van der Waals surface area contributed by atoms with Crippen molar-refractivity contribution in [3.63, 3.8) is 0 Å². The Morgan fingerprint density at radius 3 is 2.73 bits per heavy atom. The van der Waals surface area contributed by atoms with Gasteiger partial charge in [-0.1, -0.05) is 31.1 Å². The van der Waals surface area contributed by atoms with Crippen LogP contribution in [0, 0.1) is 0 Å². The number of rotatable bonds is 5. The molecule has 0 aliphatic carbocycles. The molecule has 1 atom stereocenters. The molecule has 1 aliphatic rings. The van der Waals surface area contributed by atoms with Crippen LogP contribution in [0.2, 0.25) is 0 Å². The second-order valence-electron chi connectivity index (χ2n) is 6.29. The van der Waals surface area contributed by atoms with Gasteiger partial charge in [-0.25, -0.2) is 0 Å². The molecule has 2 aromatic rings. The van der Waals surface area contributed by atoms with Crippen LogP contribution in [-0.2, 0) is 6.54 Å². The lowest BCUT2D eigenvalue weighted by molar-refractivity contribution is 0.236. The average Bonchev–Trinajstić information content (AvgIpc) is 3.16. The van der Waals surface area contributed by atoms with Crippen molar-refractivity contribution in [1.82, 2.24) is 10.1 Å². The highest BCUT2D eigenvalue weighted by Crippen LogP contribution is 2.33. The summed E-state index contributed by atoms with van der Waals surface area (Å²) < 4.78 is 5.49. The monoisotopic (exact) mass is 316 g/mol. The van der Waals surface area contributed by atoms with Gasteiger partial charge in [-0.2, -0.15) is 0 Å². The lowest BCUT2D eigenvalue weighted by Gasteiger charge is -2.22. The minimum absolute atomic E-state index is 0.398. The second kappa shape index (κ2) is 6.88. The third-order valence-electron chi connectivity index (χ3n) is 4.37. The molecular formula is C18H24N2OS. The average molecular weight is 316 g/mol. The molecule has 0 N–H and O–H groups in total. The highest BCUT2D eigenvalue weighted by molar-refractivity contribution is 7.98. The van der Waals surface area contributed by atoms with E-state index in [1.165, 1.54) is 23.3 Å². The van der Waals surface area contributed by atoms with Crippen molar-refractivity contribution in [3.8, 4) is 0 Å². The van der Waals surface area contributed by atoms with Crippen LogP contribution >= 0.6 is 11.8 Å². The van der Waals surface area contributed by atoms with E-state index >= 15 is 0 Å². The van der Waals surface area contributed by atoms with Crippen molar-refractivity contribution < 1.29 is 4.52 Å². The molecule has 0 saturated carbocycles. The van der Waals surface area contributed by atoms with E-state index in [1.807, 2.05) is 0 Å². The van der Waals surface area contributed by atoms with Crippen molar-refractivity contribution in [2.75, 3.05) is 12.8 Å². The van der Waals surface area contributed by atoms with Gasteiger partial charge < -0.3 is 4.52 Å². The smallest absolute Gasteiger partial charge is 0.139 e. The fourth-order valence-corrected chi connectivity index (χ4v) is 3.46. The predicted octanol–water partition coefficient (Wildman–Crippen LogP) is 4.86. The van der Waals surface area contributed by atoms with Crippen LogP contribution in [0.5, 0.6) is 0 Å². The fraction of sp³-hybridized carbons (Fsp3) is 0.500. The standard InChI is InChI=1S/C18H24N2OS/c1-13(2)18-11-16(19-21-18)17-5-4-10-20(17)12-14-6-8-15(22-3)9-7-14/h6-9,11,13,17H,4-5,10,12H2,1-3H3. The summed E-state index contributed by atoms with van der Waals surface area (Å²) >= 11 is 1.79. The van der Waals surface area contributed by atoms with Gasteiger partial charge in [0.15, 0.2) is 0 Å². The number of nitrogens with zero attached hydrogens (tertiary/aromatic N) is 2. The molecule has 0 amide bonds. The van der Waals surface area contributed by atoms with Crippen LogP contribution in [0.4, 0.5) is 0 Å². The molecule has 1 aromatic heterocycles. The van der Waals surface area contributed by atoms with E-state index in [2.05, 4.69) is 60.5 Å². The van der Waals surface area contributed by atoms with Crippen molar-refractivity contribution in [2.24, 2.45) is 0 Å². The molecule has 0 radical (unpaired) electrons. The highest BCUT2D eigenvalue weighted by Gasteiger charge is 2.28. The first-order valence-corrected chi connectivity index (χ1v) is 9.23. The van der Waals surface area contributed by atoms with Crippen LogP contribution in [0.3, 0.4) is 0 Å². The van der Waals surface area contributed by atoms with Gasteiger partial charge in [0.1, 0.15) is 11.5 Å². The van der Waals surface area contributed by atoms with Gasteiger partial charge in [-0.15, -0.1) is 11.8 Å². The normalized spacial score (nSPS) is 19.2. The summed E-state index contributed by atoms with van der Waals surface area (Å²) in [5.74, 6) is 1.39. The third-order valence-corrected chi connectivity index (χ3v) is 5.11. The summed E-state index contributed by atoms with van der Waals surface area (Å²) in [5, 5.41) is 4.32. The van der Waals surface area contributed by atoms with Crippen molar-refractivity contribution in [3.05, 3.63) is 47.3 Å². The summed E-state index contributed by atoms with van der Waals surface area (Å²) in [7, 11) is 0. The molecule has 3 rings (SSSR count). The van der Waals surface area contributed by atoms with E-state index in [-0.39, 0.29) is 0 Å². The van der Waals surface area contributed by atoms with Crippen molar-refractivity contribution >= 4 is 11.8 Å². The molecule has 3 nitrogen and oxygen atoms in total. The van der Waals surface area contributed by atoms with Gasteiger partial charge in [-0.05, 0) is 43.3 Å². The topological polar surface area (TPSA) is 29.3 Å². The van der Waals surface area contributed by atoms with Gasteiger partial charge in [0, 0.05) is 23.4 Å². The Morgan fingerprint density at radius 2 is 2.09 bits per heavy atom. The second-order valence-corrected chi connectivity index (χ2v) is 7.17. The Bertz CT molecular complexity index is 606. The zero-order chi connectivity index (χ0) is 15.5. The van der Waals surface area contributed by atoms with Crippen LogP contribution in [0.15, 0.2) is 39.8 Å². The van der Waals surface area contributed by atoms with E-state index in [9.17, 15) is 0 Å². The van der Waals surface area contributed by atoms with E-state index in [4.69, 9.17) is 4.52 Å². The van der Waals surface area contributed by atoms with Crippen LogP contribution in [-0.4, -0.2) is 22.9 Å². The van der Waals surface area contributed by atoms with Gasteiger partial charge in [0.05, 0.1) is 6.04 Å². The third kappa shape index (κ3) is 3.39. The van der Waals surface area contributed by atoms with Gasteiger partial charge in [0.25, 0.3) is 0 Å². The lowest BCUT2D eigenvalue weighted by Crippen LogP contribution is -2.22. The number of likely N-dealkylation sites (tertiary alicyclic amines) is 1. The van der Waals surface area contributed by atoms with E-state index in [1.54, 1.807) is 11.8 Å². The van der Waals surface area contributed by atoms with Crippen molar-refractivity contribution in [1.29, 1.82) is 0 Å².